The Bertz CT molecular complexity index is 733. The van der Waals surface area contributed by atoms with Gasteiger partial charge in [-0.05, 0) is 68.8 Å². The molecule has 0 radical (unpaired) electrons. The second kappa shape index (κ2) is 8.46. The molecule has 0 aliphatic heterocycles. The first-order valence-electron chi connectivity index (χ1n) is 9.36. The van der Waals surface area contributed by atoms with E-state index < -0.39 is 5.60 Å². The van der Waals surface area contributed by atoms with Gasteiger partial charge in [0, 0.05) is 12.5 Å². The number of benzene rings is 2. The zero-order valence-electron chi connectivity index (χ0n) is 15.9. The van der Waals surface area contributed by atoms with Gasteiger partial charge in [0.2, 0.25) is 0 Å². The van der Waals surface area contributed by atoms with Gasteiger partial charge >= 0.3 is 0 Å². The van der Waals surface area contributed by atoms with Gasteiger partial charge in [0.25, 0.3) is 0 Å². The molecule has 5 heteroatoms. The van der Waals surface area contributed by atoms with Gasteiger partial charge in [-0.15, -0.1) is 0 Å². The maximum Gasteiger partial charge on any atom is 0.123 e. The highest BCUT2D eigenvalue weighted by Crippen LogP contribution is 2.43. The normalized spacial score (nSPS) is 25.7. The fourth-order valence-electron chi connectivity index (χ4n) is 3.95. The van der Waals surface area contributed by atoms with Gasteiger partial charge in [0.05, 0.1) is 18.3 Å². The van der Waals surface area contributed by atoms with Gasteiger partial charge in [0.1, 0.15) is 11.6 Å². The predicted octanol–water partition coefficient (Wildman–Crippen LogP) is 4.10. The molecule has 0 spiro atoms. The number of halogens is 2. The Balaban J connectivity index is 1.70. The van der Waals surface area contributed by atoms with Crippen molar-refractivity contribution >= 4 is 0 Å². The smallest absolute Gasteiger partial charge is 0.123 e. The lowest BCUT2D eigenvalue weighted by atomic mass is 9.70. The van der Waals surface area contributed by atoms with Crippen LogP contribution in [0.3, 0.4) is 0 Å². The Labute approximate surface area is 159 Å². The van der Waals surface area contributed by atoms with Crippen LogP contribution >= 0.6 is 0 Å². The molecule has 1 fully saturated rings. The molecule has 2 aromatic carbocycles. The van der Waals surface area contributed by atoms with Crippen molar-refractivity contribution < 1.29 is 18.6 Å². The van der Waals surface area contributed by atoms with Crippen LogP contribution in [0.25, 0.3) is 0 Å². The lowest BCUT2D eigenvalue weighted by Gasteiger charge is -2.44. The summed E-state index contributed by atoms with van der Waals surface area (Å²) >= 11 is 0. The first-order chi connectivity index (χ1) is 12.9. The van der Waals surface area contributed by atoms with E-state index in [1.807, 2.05) is 14.1 Å². The van der Waals surface area contributed by atoms with E-state index >= 15 is 0 Å². The molecule has 146 valence electrons. The van der Waals surface area contributed by atoms with Crippen LogP contribution in [0.5, 0.6) is 0 Å². The SMILES string of the molecule is CN(C)CC1CC(OCc2ccc(F)cc2)CCC1(O)c1ccc(F)cc1. The monoisotopic (exact) mass is 375 g/mol. The molecular weight excluding hydrogens is 348 g/mol. The summed E-state index contributed by atoms with van der Waals surface area (Å²) in [5, 5.41) is 11.4. The zero-order chi connectivity index (χ0) is 19.4. The van der Waals surface area contributed by atoms with Crippen molar-refractivity contribution in [3.8, 4) is 0 Å². The fraction of sp³-hybridized carbons (Fsp3) is 0.455. The average molecular weight is 375 g/mol. The van der Waals surface area contributed by atoms with Crippen molar-refractivity contribution in [1.29, 1.82) is 0 Å². The molecular formula is C22H27F2NO2. The lowest BCUT2D eigenvalue weighted by molar-refractivity contribution is -0.110. The molecule has 0 amide bonds. The summed E-state index contributed by atoms with van der Waals surface area (Å²) in [6.45, 7) is 1.14. The molecule has 0 bridgehead atoms. The maximum atomic E-state index is 13.3. The maximum absolute atomic E-state index is 13.3. The van der Waals surface area contributed by atoms with Gasteiger partial charge < -0.3 is 14.7 Å². The summed E-state index contributed by atoms with van der Waals surface area (Å²) in [4.78, 5) is 2.06. The fourth-order valence-corrected chi connectivity index (χ4v) is 3.95. The molecule has 3 rings (SSSR count). The molecule has 27 heavy (non-hydrogen) atoms. The summed E-state index contributed by atoms with van der Waals surface area (Å²) in [6.07, 6.45) is 2.03. The quantitative estimate of drug-likeness (QED) is 0.825. The number of hydrogen-bond acceptors (Lipinski definition) is 3. The molecule has 3 nitrogen and oxygen atoms in total. The highest BCUT2D eigenvalue weighted by atomic mass is 19.1. The van der Waals surface area contributed by atoms with Gasteiger partial charge in [-0.2, -0.15) is 0 Å². The molecule has 1 aliphatic carbocycles. The third kappa shape index (κ3) is 4.92. The Morgan fingerprint density at radius 2 is 1.63 bits per heavy atom. The molecule has 1 aliphatic rings. The van der Waals surface area contributed by atoms with Crippen molar-refractivity contribution in [2.75, 3.05) is 20.6 Å². The van der Waals surface area contributed by atoms with E-state index in [0.29, 0.717) is 26.0 Å². The van der Waals surface area contributed by atoms with Crippen LogP contribution in [0, 0.1) is 17.6 Å². The highest BCUT2D eigenvalue weighted by Gasteiger charge is 2.43. The zero-order valence-corrected chi connectivity index (χ0v) is 15.9. The van der Waals surface area contributed by atoms with Crippen molar-refractivity contribution in [1.82, 2.24) is 4.90 Å². The standard InChI is InChI=1S/C22H27F2NO2/c1-25(2)14-18-13-21(27-15-16-3-7-19(23)8-4-16)11-12-22(18,26)17-5-9-20(24)10-6-17/h3-10,18,21,26H,11-15H2,1-2H3. The first kappa shape index (κ1) is 19.9. The van der Waals surface area contributed by atoms with Crippen molar-refractivity contribution in [2.45, 2.75) is 37.6 Å². The largest absolute Gasteiger partial charge is 0.385 e. The number of ether oxygens (including phenoxy) is 1. The summed E-state index contributed by atoms with van der Waals surface area (Å²) in [7, 11) is 3.96. The minimum atomic E-state index is -0.992. The van der Waals surface area contributed by atoms with Crippen LogP contribution in [0.2, 0.25) is 0 Å². The van der Waals surface area contributed by atoms with Crippen LogP contribution in [0.4, 0.5) is 8.78 Å². The van der Waals surface area contributed by atoms with Crippen molar-refractivity contribution in [2.24, 2.45) is 5.92 Å². The molecule has 3 atom stereocenters. The van der Waals surface area contributed by atoms with Crippen LogP contribution in [-0.2, 0) is 16.9 Å². The van der Waals surface area contributed by atoms with E-state index in [0.717, 1.165) is 17.5 Å². The molecule has 0 saturated heterocycles. The van der Waals surface area contributed by atoms with Gasteiger partial charge in [-0.1, -0.05) is 24.3 Å². The number of rotatable bonds is 6. The number of nitrogens with zero attached hydrogens (tertiary/aromatic N) is 1. The van der Waals surface area contributed by atoms with E-state index in [9.17, 15) is 13.9 Å². The van der Waals surface area contributed by atoms with Gasteiger partial charge in [-0.3, -0.25) is 0 Å². The molecule has 1 N–H and O–H groups in total. The summed E-state index contributed by atoms with van der Waals surface area (Å²) in [5.41, 5.74) is 0.695. The number of aliphatic hydroxyl groups is 1. The lowest BCUT2D eigenvalue weighted by Crippen LogP contribution is -2.46. The molecule has 0 aromatic heterocycles. The first-order valence-corrected chi connectivity index (χ1v) is 9.36. The minimum absolute atomic E-state index is 0.0232. The van der Waals surface area contributed by atoms with E-state index in [1.165, 1.54) is 24.3 Å². The third-order valence-corrected chi connectivity index (χ3v) is 5.40. The Morgan fingerprint density at radius 1 is 1.04 bits per heavy atom. The Morgan fingerprint density at radius 3 is 2.22 bits per heavy atom. The van der Waals surface area contributed by atoms with Crippen LogP contribution in [0.1, 0.15) is 30.4 Å². The summed E-state index contributed by atoms with van der Waals surface area (Å²) < 4.78 is 32.4. The third-order valence-electron chi connectivity index (χ3n) is 5.40. The number of hydrogen-bond donors (Lipinski definition) is 1. The van der Waals surface area contributed by atoms with E-state index in [4.69, 9.17) is 4.74 Å². The summed E-state index contributed by atoms with van der Waals surface area (Å²) in [5.74, 6) is -0.584. The Kier molecular flexibility index (Phi) is 6.25. The van der Waals surface area contributed by atoms with E-state index in [-0.39, 0.29) is 23.7 Å². The van der Waals surface area contributed by atoms with Gasteiger partial charge in [-0.25, -0.2) is 8.78 Å². The highest BCUT2D eigenvalue weighted by molar-refractivity contribution is 5.25. The second-order valence-corrected chi connectivity index (χ2v) is 7.72. The Hall–Kier alpha value is -1.82. The van der Waals surface area contributed by atoms with Crippen LogP contribution < -0.4 is 0 Å². The molecule has 2 aromatic rings. The van der Waals surface area contributed by atoms with E-state index in [1.54, 1.807) is 24.3 Å². The van der Waals surface area contributed by atoms with Crippen LogP contribution in [-0.4, -0.2) is 36.8 Å². The topological polar surface area (TPSA) is 32.7 Å². The average Bonchev–Trinajstić information content (AvgIpc) is 2.64. The van der Waals surface area contributed by atoms with E-state index in [2.05, 4.69) is 4.90 Å². The van der Waals surface area contributed by atoms with Crippen molar-refractivity contribution in [3.05, 3.63) is 71.3 Å². The second-order valence-electron chi connectivity index (χ2n) is 7.72. The molecule has 0 heterocycles. The molecule has 3 unspecified atom stereocenters. The molecule has 1 saturated carbocycles. The minimum Gasteiger partial charge on any atom is -0.385 e. The van der Waals surface area contributed by atoms with Crippen molar-refractivity contribution in [3.63, 3.8) is 0 Å². The van der Waals surface area contributed by atoms with Gasteiger partial charge in [0.15, 0.2) is 0 Å². The van der Waals surface area contributed by atoms with Crippen LogP contribution in [0.15, 0.2) is 48.5 Å². The summed E-state index contributed by atoms with van der Waals surface area (Å²) in [6, 6.07) is 12.5. The predicted molar refractivity (Wildman–Crippen MR) is 101 cm³/mol.